The molecular formula is C11H14ClNO2. The molecule has 0 fully saturated rings. The number of aromatic nitrogens is 1. The van der Waals surface area contributed by atoms with Crippen LogP contribution in [0.5, 0.6) is 0 Å². The topological polar surface area (TPSA) is 39.2 Å². The molecule has 0 saturated heterocycles. The van der Waals surface area contributed by atoms with E-state index in [2.05, 4.69) is 4.98 Å². The summed E-state index contributed by atoms with van der Waals surface area (Å²) in [4.78, 5) is 15.7. The quantitative estimate of drug-likeness (QED) is 0.693. The van der Waals surface area contributed by atoms with Crippen LogP contribution in [0.25, 0.3) is 0 Å². The number of nitrogens with zero attached hydrogens (tertiary/aromatic N) is 1. The lowest BCUT2D eigenvalue weighted by molar-refractivity contribution is 0.00682. The first-order chi connectivity index (χ1) is 6.79. The maximum absolute atomic E-state index is 11.7. The third-order valence-electron chi connectivity index (χ3n) is 1.67. The molecule has 0 aliphatic carbocycles. The van der Waals surface area contributed by atoms with Crippen molar-refractivity contribution in [2.24, 2.45) is 0 Å². The standard InChI is InChI=1S/C11H14ClNO2/c1-7-9(5-8(12)6-13-7)10(14)15-11(2,3)4/h5-6H,1-4H3. The Morgan fingerprint density at radius 1 is 1.47 bits per heavy atom. The van der Waals surface area contributed by atoms with Gasteiger partial charge in [0.2, 0.25) is 0 Å². The number of ether oxygens (including phenoxy) is 1. The molecule has 1 rings (SSSR count). The van der Waals surface area contributed by atoms with Gasteiger partial charge in [0.15, 0.2) is 0 Å². The first kappa shape index (κ1) is 12.0. The minimum atomic E-state index is -0.508. The zero-order valence-corrected chi connectivity index (χ0v) is 10.1. The van der Waals surface area contributed by atoms with Gasteiger partial charge in [-0.2, -0.15) is 0 Å². The zero-order chi connectivity index (χ0) is 11.6. The van der Waals surface area contributed by atoms with Gasteiger partial charge in [-0.05, 0) is 33.8 Å². The van der Waals surface area contributed by atoms with Crippen molar-refractivity contribution in [2.45, 2.75) is 33.3 Å². The second-order valence-corrected chi connectivity index (χ2v) is 4.72. The van der Waals surface area contributed by atoms with Crippen molar-refractivity contribution in [3.05, 3.63) is 28.5 Å². The monoisotopic (exact) mass is 227 g/mol. The lowest BCUT2D eigenvalue weighted by atomic mass is 10.1. The molecule has 1 aromatic rings. The third-order valence-corrected chi connectivity index (χ3v) is 1.88. The SMILES string of the molecule is Cc1ncc(Cl)cc1C(=O)OC(C)(C)C. The van der Waals surface area contributed by atoms with E-state index in [0.717, 1.165) is 0 Å². The fourth-order valence-corrected chi connectivity index (χ4v) is 1.21. The summed E-state index contributed by atoms with van der Waals surface area (Å²) >= 11 is 5.76. The first-order valence-corrected chi connectivity index (χ1v) is 5.03. The molecule has 0 N–H and O–H groups in total. The Bertz CT molecular complexity index is 383. The Hall–Kier alpha value is -1.09. The van der Waals surface area contributed by atoms with Gasteiger partial charge in [-0.3, -0.25) is 4.98 Å². The smallest absolute Gasteiger partial charge is 0.340 e. The van der Waals surface area contributed by atoms with Crippen LogP contribution in [0, 0.1) is 6.92 Å². The number of halogens is 1. The van der Waals surface area contributed by atoms with E-state index in [1.54, 1.807) is 13.0 Å². The number of rotatable bonds is 1. The highest BCUT2D eigenvalue weighted by molar-refractivity contribution is 6.30. The third kappa shape index (κ3) is 3.51. The van der Waals surface area contributed by atoms with Gasteiger partial charge in [-0.15, -0.1) is 0 Å². The number of hydrogen-bond donors (Lipinski definition) is 0. The molecule has 15 heavy (non-hydrogen) atoms. The number of carbonyl (C=O) groups is 1. The van der Waals surface area contributed by atoms with E-state index >= 15 is 0 Å². The second-order valence-electron chi connectivity index (χ2n) is 4.29. The van der Waals surface area contributed by atoms with Gasteiger partial charge in [0.1, 0.15) is 5.60 Å². The second kappa shape index (κ2) is 4.19. The van der Waals surface area contributed by atoms with Gasteiger partial charge in [0, 0.05) is 6.20 Å². The Balaban J connectivity index is 2.96. The Kier molecular flexibility index (Phi) is 3.35. The summed E-state index contributed by atoms with van der Waals surface area (Å²) < 4.78 is 5.22. The minimum Gasteiger partial charge on any atom is -0.456 e. The van der Waals surface area contributed by atoms with E-state index in [9.17, 15) is 4.79 Å². The van der Waals surface area contributed by atoms with E-state index in [1.807, 2.05) is 20.8 Å². The van der Waals surface area contributed by atoms with Crippen LogP contribution in [0.1, 0.15) is 36.8 Å². The van der Waals surface area contributed by atoms with Crippen LogP contribution in [0.15, 0.2) is 12.3 Å². The minimum absolute atomic E-state index is 0.394. The van der Waals surface area contributed by atoms with Crippen molar-refractivity contribution < 1.29 is 9.53 Å². The summed E-state index contributed by atoms with van der Waals surface area (Å²) in [7, 11) is 0. The van der Waals surface area contributed by atoms with Crippen molar-refractivity contribution in [1.29, 1.82) is 0 Å². The van der Waals surface area contributed by atoms with E-state index in [4.69, 9.17) is 16.3 Å². The number of hydrogen-bond acceptors (Lipinski definition) is 3. The van der Waals surface area contributed by atoms with Crippen molar-refractivity contribution in [3.63, 3.8) is 0 Å². The Labute approximate surface area is 94.4 Å². The fraction of sp³-hybridized carbons (Fsp3) is 0.455. The molecule has 0 aliphatic heterocycles. The summed E-state index contributed by atoms with van der Waals surface area (Å²) in [5.74, 6) is -0.394. The first-order valence-electron chi connectivity index (χ1n) is 4.65. The molecule has 0 radical (unpaired) electrons. The molecule has 0 amide bonds. The highest BCUT2D eigenvalue weighted by atomic mass is 35.5. The molecule has 0 bridgehead atoms. The normalized spacial score (nSPS) is 11.3. The molecule has 0 saturated carbocycles. The largest absolute Gasteiger partial charge is 0.456 e. The molecule has 0 aromatic carbocycles. The molecule has 82 valence electrons. The van der Waals surface area contributed by atoms with Gasteiger partial charge in [-0.1, -0.05) is 11.6 Å². The van der Waals surface area contributed by atoms with Crippen LogP contribution < -0.4 is 0 Å². The molecule has 0 aliphatic rings. The molecule has 0 spiro atoms. The lowest BCUT2D eigenvalue weighted by Crippen LogP contribution is -2.24. The van der Waals surface area contributed by atoms with Gasteiger partial charge >= 0.3 is 5.97 Å². The van der Waals surface area contributed by atoms with E-state index in [0.29, 0.717) is 16.3 Å². The van der Waals surface area contributed by atoms with Crippen molar-refractivity contribution in [3.8, 4) is 0 Å². The summed E-state index contributed by atoms with van der Waals surface area (Å²) in [6.45, 7) is 7.20. The van der Waals surface area contributed by atoms with Crippen molar-refractivity contribution in [1.82, 2.24) is 4.98 Å². The highest BCUT2D eigenvalue weighted by Crippen LogP contribution is 2.17. The van der Waals surface area contributed by atoms with Gasteiger partial charge < -0.3 is 4.74 Å². The molecular weight excluding hydrogens is 214 g/mol. The number of esters is 1. The van der Waals surface area contributed by atoms with Gasteiger partial charge in [0.05, 0.1) is 16.3 Å². The van der Waals surface area contributed by atoms with Crippen molar-refractivity contribution in [2.75, 3.05) is 0 Å². The summed E-state index contributed by atoms with van der Waals surface area (Å²) in [5, 5.41) is 0.432. The number of pyridine rings is 1. The van der Waals surface area contributed by atoms with Gasteiger partial charge in [-0.25, -0.2) is 4.79 Å². The average molecular weight is 228 g/mol. The van der Waals surface area contributed by atoms with Crippen LogP contribution in [-0.2, 0) is 4.74 Å². The van der Waals surface area contributed by atoms with Crippen LogP contribution in [-0.4, -0.2) is 16.6 Å². The van der Waals surface area contributed by atoms with E-state index in [1.165, 1.54) is 6.20 Å². The summed E-state index contributed by atoms with van der Waals surface area (Å²) in [5.41, 5.74) is 0.525. The predicted octanol–water partition coefficient (Wildman–Crippen LogP) is 3.00. The molecule has 0 unspecified atom stereocenters. The van der Waals surface area contributed by atoms with Crippen LogP contribution in [0.3, 0.4) is 0 Å². The molecule has 0 atom stereocenters. The van der Waals surface area contributed by atoms with Crippen molar-refractivity contribution >= 4 is 17.6 Å². The predicted molar refractivity (Wildman–Crippen MR) is 59.2 cm³/mol. The van der Waals surface area contributed by atoms with E-state index < -0.39 is 11.6 Å². The number of carbonyl (C=O) groups excluding carboxylic acids is 1. The zero-order valence-electron chi connectivity index (χ0n) is 9.30. The molecule has 4 heteroatoms. The molecule has 3 nitrogen and oxygen atoms in total. The highest BCUT2D eigenvalue weighted by Gasteiger charge is 2.19. The molecule has 1 aromatic heterocycles. The summed E-state index contributed by atoms with van der Waals surface area (Å²) in [6.07, 6.45) is 1.50. The maximum Gasteiger partial charge on any atom is 0.340 e. The van der Waals surface area contributed by atoms with E-state index in [-0.39, 0.29) is 0 Å². The maximum atomic E-state index is 11.7. The van der Waals surface area contributed by atoms with Crippen LogP contribution in [0.2, 0.25) is 5.02 Å². The van der Waals surface area contributed by atoms with Gasteiger partial charge in [0.25, 0.3) is 0 Å². The lowest BCUT2D eigenvalue weighted by Gasteiger charge is -2.19. The average Bonchev–Trinajstić information content (AvgIpc) is 2.06. The van der Waals surface area contributed by atoms with Crippen LogP contribution >= 0.6 is 11.6 Å². The Morgan fingerprint density at radius 2 is 2.07 bits per heavy atom. The Morgan fingerprint density at radius 3 is 2.60 bits per heavy atom. The number of aryl methyl sites for hydroxylation is 1. The van der Waals surface area contributed by atoms with Crippen LogP contribution in [0.4, 0.5) is 0 Å². The fourth-order valence-electron chi connectivity index (χ4n) is 1.05. The summed E-state index contributed by atoms with van der Waals surface area (Å²) in [6, 6.07) is 1.57. The molecule has 1 heterocycles.